The van der Waals surface area contributed by atoms with Gasteiger partial charge in [-0.25, -0.2) is 9.07 Å². The molecule has 20 heteroatoms. The van der Waals surface area contributed by atoms with E-state index in [0.717, 1.165) is 144 Å². The number of anilines is 1. The summed E-state index contributed by atoms with van der Waals surface area (Å²) >= 11 is 0. The molecule has 2 bridgehead atoms. The smallest absolute Gasteiger partial charge is 0.319 e. The number of amides is 1. The van der Waals surface area contributed by atoms with Crippen molar-refractivity contribution in [1.29, 1.82) is 0 Å². The minimum Gasteiger partial charge on any atom is -0.486 e. The van der Waals surface area contributed by atoms with Crippen molar-refractivity contribution in [3.8, 4) is 45.3 Å². The molecule has 5 fully saturated rings. The Morgan fingerprint density at radius 2 is 1.71 bits per heavy atom. The molecule has 4 N–H and O–H groups in total. The van der Waals surface area contributed by atoms with Gasteiger partial charge in [0.1, 0.15) is 41.8 Å². The Bertz CT molecular complexity index is 3460. The lowest BCUT2D eigenvalue weighted by atomic mass is 9.88. The molecule has 13 rings (SSSR count). The number of aromatic nitrogens is 9. The summed E-state index contributed by atoms with van der Waals surface area (Å²) in [6.45, 7) is 12.5. The number of carbonyl (C=O) groups is 2. The van der Waals surface area contributed by atoms with E-state index < -0.39 is 0 Å². The van der Waals surface area contributed by atoms with E-state index in [1.54, 1.807) is 18.6 Å². The van der Waals surface area contributed by atoms with E-state index in [-0.39, 0.29) is 43.3 Å². The summed E-state index contributed by atoms with van der Waals surface area (Å²) in [4.78, 5) is 34.7. The molecule has 5 atom stereocenters. The molecular weight excluding hydrogens is 1040 g/mol. The van der Waals surface area contributed by atoms with Crippen LogP contribution < -0.4 is 25.0 Å². The number of likely N-dealkylation sites (tertiary alicyclic amines) is 1. The highest BCUT2D eigenvalue weighted by molar-refractivity contribution is 6.06. The maximum Gasteiger partial charge on any atom is 0.319 e. The predicted octanol–water partition coefficient (Wildman–Crippen LogP) is 8.86. The number of aliphatic hydroxyl groups is 1. The highest BCUT2D eigenvalue weighted by Gasteiger charge is 2.41. The second-order valence-corrected chi connectivity index (χ2v) is 22.5. The fourth-order valence-corrected chi connectivity index (χ4v) is 11.5. The van der Waals surface area contributed by atoms with Gasteiger partial charge in [-0.3, -0.25) is 9.89 Å². The Labute approximate surface area is 476 Å². The van der Waals surface area contributed by atoms with Crippen molar-refractivity contribution in [1.82, 2.24) is 60.9 Å². The summed E-state index contributed by atoms with van der Waals surface area (Å²) in [5.41, 5.74) is 10.6. The van der Waals surface area contributed by atoms with Crippen LogP contribution in [-0.2, 0) is 20.9 Å². The van der Waals surface area contributed by atoms with Crippen LogP contribution in [0.1, 0.15) is 106 Å². The number of hydrogen-bond donors (Lipinski definition) is 4. The molecule has 1 saturated carbocycles. The van der Waals surface area contributed by atoms with Gasteiger partial charge >= 0.3 is 6.01 Å². The molecule has 0 radical (unpaired) electrons. The van der Waals surface area contributed by atoms with Crippen molar-refractivity contribution in [2.24, 2.45) is 5.92 Å². The molecule has 4 aromatic carbocycles. The number of ether oxygens (including phenoxy) is 3. The predicted molar refractivity (Wildman–Crippen MR) is 311 cm³/mol. The van der Waals surface area contributed by atoms with E-state index in [2.05, 4.69) is 97.3 Å². The van der Waals surface area contributed by atoms with Crippen molar-refractivity contribution in [2.45, 2.75) is 121 Å². The average molecular weight is 1110 g/mol. The van der Waals surface area contributed by atoms with Gasteiger partial charge in [0, 0.05) is 77.6 Å². The van der Waals surface area contributed by atoms with Crippen LogP contribution in [-0.4, -0.2) is 139 Å². The summed E-state index contributed by atoms with van der Waals surface area (Å²) < 4.78 is 37.1. The van der Waals surface area contributed by atoms with Gasteiger partial charge in [-0.2, -0.15) is 25.3 Å². The van der Waals surface area contributed by atoms with Crippen LogP contribution in [0.15, 0.2) is 91.5 Å². The van der Waals surface area contributed by atoms with Gasteiger partial charge in [-0.15, -0.1) is 5.10 Å². The molecule has 8 aromatic rings. The summed E-state index contributed by atoms with van der Waals surface area (Å²) in [6, 6.07) is 23.2. The molecule has 82 heavy (non-hydrogen) atoms. The van der Waals surface area contributed by atoms with E-state index >= 15 is 4.39 Å². The number of aldehydes is 1. The third-order valence-electron chi connectivity index (χ3n) is 16.8. The zero-order valence-electron chi connectivity index (χ0n) is 47.2. The second kappa shape index (κ2) is 25.2. The van der Waals surface area contributed by atoms with Crippen molar-refractivity contribution in [3.05, 3.63) is 120 Å². The summed E-state index contributed by atoms with van der Waals surface area (Å²) in [5, 5.41) is 41.5. The van der Waals surface area contributed by atoms with Gasteiger partial charge in [-0.1, -0.05) is 67.6 Å². The zero-order valence-corrected chi connectivity index (χ0v) is 47.2. The average Bonchev–Trinajstić information content (AvgIpc) is 4.09. The number of halogens is 1. The number of rotatable bonds is 17. The first-order valence-corrected chi connectivity index (χ1v) is 28.7. The molecule has 19 nitrogen and oxygen atoms in total. The minimum absolute atomic E-state index is 0.0142. The molecular formula is C62H72FN13O6. The Morgan fingerprint density at radius 1 is 0.915 bits per heavy atom. The molecule has 5 unspecified atom stereocenters. The number of carbonyl (C=O) groups excluding carboxylic acids is 2. The largest absolute Gasteiger partial charge is 0.486 e. The fraction of sp³-hybridized carbons (Fsp3) is 0.435. The van der Waals surface area contributed by atoms with Crippen LogP contribution in [0, 0.1) is 18.7 Å². The summed E-state index contributed by atoms with van der Waals surface area (Å²) in [5.74, 6) is 1.93. The van der Waals surface area contributed by atoms with Crippen LogP contribution in [0.3, 0.4) is 0 Å². The number of likely N-dealkylation sites (N-methyl/N-ethyl adjacent to an activating group) is 1. The molecule has 5 aliphatic rings. The maximum atomic E-state index is 15.9. The molecule has 1 aliphatic carbocycles. The minimum atomic E-state index is -0.299. The van der Waals surface area contributed by atoms with Crippen LogP contribution in [0.4, 0.5) is 10.2 Å². The number of hydrogen-bond acceptors (Lipinski definition) is 16. The van der Waals surface area contributed by atoms with E-state index in [1.165, 1.54) is 11.0 Å². The Balaban J connectivity index is 0.000000222. The third kappa shape index (κ3) is 12.1. The molecule has 4 saturated heterocycles. The normalized spacial score (nSPS) is 19.4. The molecule has 4 aliphatic heterocycles. The van der Waals surface area contributed by atoms with Gasteiger partial charge < -0.3 is 44.5 Å². The van der Waals surface area contributed by atoms with Crippen molar-refractivity contribution in [2.75, 3.05) is 51.4 Å². The first-order valence-electron chi connectivity index (χ1n) is 28.7. The first kappa shape index (κ1) is 56.1. The van der Waals surface area contributed by atoms with Crippen molar-refractivity contribution in [3.63, 3.8) is 0 Å². The zero-order chi connectivity index (χ0) is 56.9. The number of H-pyrrole nitrogens is 1. The highest BCUT2D eigenvalue weighted by atomic mass is 19.1. The van der Waals surface area contributed by atoms with Crippen molar-refractivity contribution >= 4 is 40.3 Å². The standard InChI is InChI=1S/C43H48FN9O3.C13H15N3O.C6H9NO2/c1-23(2)25(4)53-21-37(50-51-53)28-7-5-26(6-8-28)22-55-41-39(38-24(3)35(44)17-36-34(38)19-46-49-36)32(27-9-10-27)16-33-40(41)47-43(56-31-11-13-54-14-12-31)48-42(33)52-20-29-15-30(52)18-45-29;1-14-13(9-17)11-4-2-10(3-5-11)12-6-7-15-16-8-12;8-4-6-2-1-3-7(6)5-9/h5-8,16-17,19,21,23,25,27,29-31,45H,9-15,18,20,22H2,1-4H3,(H,46,49);2-8,13-14,17H,9H2,1H3;4-6H,1-3H2. The molecule has 4 aromatic heterocycles. The Kier molecular flexibility index (Phi) is 17.2. The number of aliphatic hydroxyl groups excluding tert-OH is 1. The van der Waals surface area contributed by atoms with Crippen LogP contribution in [0.2, 0.25) is 0 Å². The van der Waals surface area contributed by atoms with Crippen molar-refractivity contribution < 1.29 is 33.3 Å². The molecule has 1 amide bonds. The fourth-order valence-electron chi connectivity index (χ4n) is 11.5. The van der Waals surface area contributed by atoms with E-state index in [9.17, 15) is 14.7 Å². The monoisotopic (exact) mass is 1110 g/mol. The van der Waals surface area contributed by atoms with E-state index in [1.807, 2.05) is 55.2 Å². The highest BCUT2D eigenvalue weighted by Crippen LogP contribution is 2.53. The SMILES string of the molecule is CNC(CO)c1ccc(-c2ccnnc2)cc1.Cc1c(F)cc2[nH]ncc2c1-c1c(C2CC2)cc2c(N3CC4CC3CN4)nc(OC3CCOCC3)nc2c1OCc1ccc(-c2cn(C(C)C(C)C)nn2)cc1.O=CC1CCCN1C=O. The van der Waals surface area contributed by atoms with Crippen LogP contribution in [0.5, 0.6) is 11.8 Å². The van der Waals surface area contributed by atoms with Gasteiger partial charge in [0.15, 0.2) is 5.75 Å². The van der Waals surface area contributed by atoms with E-state index in [0.29, 0.717) is 65.5 Å². The molecule has 8 heterocycles. The molecule has 428 valence electrons. The number of nitrogens with zero attached hydrogens (tertiary/aromatic N) is 10. The Morgan fingerprint density at radius 3 is 2.37 bits per heavy atom. The van der Waals surface area contributed by atoms with Gasteiger partial charge in [0.25, 0.3) is 0 Å². The maximum absolute atomic E-state index is 15.9. The van der Waals surface area contributed by atoms with Crippen LogP contribution >= 0.6 is 0 Å². The number of nitrogens with one attached hydrogen (secondary N) is 3. The lowest BCUT2D eigenvalue weighted by Crippen LogP contribution is -2.44. The number of benzene rings is 4. The summed E-state index contributed by atoms with van der Waals surface area (Å²) in [7, 11) is 1.83. The molecule has 0 spiro atoms. The van der Waals surface area contributed by atoms with Gasteiger partial charge in [0.2, 0.25) is 6.41 Å². The van der Waals surface area contributed by atoms with E-state index in [4.69, 9.17) is 24.2 Å². The topological polar surface area (TPSA) is 224 Å². The number of piperazine rings is 1. The lowest BCUT2D eigenvalue weighted by molar-refractivity contribution is -0.123. The lowest BCUT2D eigenvalue weighted by Gasteiger charge is -2.31. The number of aromatic amines is 1. The van der Waals surface area contributed by atoms with Crippen LogP contribution in [0.25, 0.3) is 55.3 Å². The van der Waals surface area contributed by atoms with Gasteiger partial charge in [-0.05, 0) is 111 Å². The first-order chi connectivity index (χ1) is 40.0. The summed E-state index contributed by atoms with van der Waals surface area (Å²) in [6.07, 6.45) is 15.2. The second-order valence-electron chi connectivity index (χ2n) is 22.5. The van der Waals surface area contributed by atoms with Gasteiger partial charge in [0.05, 0.1) is 68.3 Å². The number of fused-ring (bicyclic) bond motifs is 4. The quantitative estimate of drug-likeness (QED) is 0.0625. The Hall–Kier alpha value is -7.78. The third-order valence-corrected chi connectivity index (χ3v) is 16.8.